The van der Waals surface area contributed by atoms with Crippen molar-refractivity contribution in [1.29, 1.82) is 0 Å². The van der Waals surface area contributed by atoms with Crippen molar-refractivity contribution in [3.05, 3.63) is 53.1 Å². The molecule has 2 aliphatic heterocycles. The summed E-state index contributed by atoms with van der Waals surface area (Å²) in [6.07, 6.45) is 8.07. The highest BCUT2D eigenvalue weighted by atomic mass is 35.5. The van der Waals surface area contributed by atoms with Gasteiger partial charge in [0.1, 0.15) is 5.82 Å². The Hall–Kier alpha value is -1.89. The standard InChI is InChI=1S/C23H32ClN5O/c1-27-14-9-25-22(27)17-28-12-7-18(8-13-28)23(30)26-16-21(29-10-2-3-11-29)19-5-4-6-20(24)15-19/h4-6,9,14-15,18,21H,2-3,7-8,10-13,16-17H2,1H3,(H,26,30). The molecule has 7 heteroatoms. The lowest BCUT2D eigenvalue weighted by molar-refractivity contribution is -0.126. The number of nitrogens with zero attached hydrogens (tertiary/aromatic N) is 4. The van der Waals surface area contributed by atoms with E-state index in [1.165, 1.54) is 18.4 Å². The van der Waals surface area contributed by atoms with Crippen molar-refractivity contribution in [2.75, 3.05) is 32.7 Å². The number of carbonyl (C=O) groups excluding carboxylic acids is 1. The van der Waals surface area contributed by atoms with Crippen LogP contribution in [-0.2, 0) is 18.4 Å². The first kappa shape index (κ1) is 21.3. The van der Waals surface area contributed by atoms with E-state index in [0.717, 1.165) is 56.4 Å². The van der Waals surface area contributed by atoms with Crippen LogP contribution in [0, 0.1) is 5.92 Å². The summed E-state index contributed by atoms with van der Waals surface area (Å²) in [4.78, 5) is 22.2. The second kappa shape index (κ2) is 9.94. The molecule has 1 amide bonds. The summed E-state index contributed by atoms with van der Waals surface area (Å²) < 4.78 is 2.06. The normalized spacial score (nSPS) is 19.8. The second-order valence-electron chi connectivity index (χ2n) is 8.56. The SMILES string of the molecule is Cn1ccnc1CN1CCC(C(=O)NCC(c2cccc(Cl)c2)N2CCCC2)CC1. The molecule has 2 fully saturated rings. The van der Waals surface area contributed by atoms with Gasteiger partial charge in [0.05, 0.1) is 12.6 Å². The molecule has 30 heavy (non-hydrogen) atoms. The van der Waals surface area contributed by atoms with Crippen LogP contribution in [0.25, 0.3) is 0 Å². The third-order valence-corrected chi connectivity index (χ3v) is 6.76. The summed E-state index contributed by atoms with van der Waals surface area (Å²) in [5, 5.41) is 4.01. The zero-order chi connectivity index (χ0) is 20.9. The van der Waals surface area contributed by atoms with Crippen molar-refractivity contribution >= 4 is 17.5 Å². The number of imidazole rings is 1. The van der Waals surface area contributed by atoms with Crippen LogP contribution in [-0.4, -0.2) is 58.0 Å². The monoisotopic (exact) mass is 429 g/mol. The third-order valence-electron chi connectivity index (χ3n) is 6.53. The molecular formula is C23H32ClN5O. The fourth-order valence-corrected chi connectivity index (χ4v) is 4.87. The van der Waals surface area contributed by atoms with Gasteiger partial charge < -0.3 is 9.88 Å². The quantitative estimate of drug-likeness (QED) is 0.734. The minimum atomic E-state index is 0.0983. The summed E-state index contributed by atoms with van der Waals surface area (Å²) in [6, 6.07) is 8.26. The highest BCUT2D eigenvalue weighted by molar-refractivity contribution is 6.30. The molecule has 3 heterocycles. The zero-order valence-corrected chi connectivity index (χ0v) is 18.5. The van der Waals surface area contributed by atoms with E-state index in [4.69, 9.17) is 11.6 Å². The molecule has 0 radical (unpaired) electrons. The van der Waals surface area contributed by atoms with Crippen molar-refractivity contribution in [3.63, 3.8) is 0 Å². The maximum Gasteiger partial charge on any atom is 0.223 e. The number of rotatable bonds is 7. The molecule has 2 saturated heterocycles. The van der Waals surface area contributed by atoms with Gasteiger partial charge in [0.2, 0.25) is 5.91 Å². The van der Waals surface area contributed by atoms with Crippen molar-refractivity contribution in [1.82, 2.24) is 24.7 Å². The Balaban J connectivity index is 1.30. The van der Waals surface area contributed by atoms with Crippen LogP contribution in [0.15, 0.2) is 36.7 Å². The molecular weight excluding hydrogens is 398 g/mol. The number of carbonyl (C=O) groups is 1. The average molecular weight is 430 g/mol. The van der Waals surface area contributed by atoms with Crippen LogP contribution in [0.3, 0.4) is 0 Å². The smallest absolute Gasteiger partial charge is 0.223 e. The first-order valence-corrected chi connectivity index (χ1v) is 11.4. The van der Waals surface area contributed by atoms with Crippen LogP contribution in [0.4, 0.5) is 0 Å². The van der Waals surface area contributed by atoms with Gasteiger partial charge >= 0.3 is 0 Å². The van der Waals surface area contributed by atoms with Crippen molar-refractivity contribution in [2.45, 2.75) is 38.3 Å². The number of piperidine rings is 1. The summed E-state index contributed by atoms with van der Waals surface area (Å²) in [7, 11) is 2.03. The molecule has 4 rings (SSSR count). The molecule has 0 saturated carbocycles. The molecule has 0 aliphatic carbocycles. The lowest BCUT2D eigenvalue weighted by Crippen LogP contribution is -2.43. The number of amides is 1. The lowest BCUT2D eigenvalue weighted by Gasteiger charge is -2.32. The fourth-order valence-electron chi connectivity index (χ4n) is 4.67. The van der Waals surface area contributed by atoms with Crippen LogP contribution in [0.2, 0.25) is 5.02 Å². The van der Waals surface area contributed by atoms with Crippen molar-refractivity contribution < 1.29 is 4.79 Å². The van der Waals surface area contributed by atoms with Crippen LogP contribution < -0.4 is 5.32 Å². The van der Waals surface area contributed by atoms with Gasteiger partial charge in [0, 0.05) is 36.9 Å². The van der Waals surface area contributed by atoms with Crippen LogP contribution >= 0.6 is 11.6 Å². The summed E-state index contributed by atoms with van der Waals surface area (Å²) in [5.41, 5.74) is 1.19. The average Bonchev–Trinajstić information content (AvgIpc) is 3.41. The number of benzene rings is 1. The topological polar surface area (TPSA) is 53.4 Å². The van der Waals surface area contributed by atoms with E-state index in [2.05, 4.69) is 30.7 Å². The van der Waals surface area contributed by atoms with Gasteiger partial charge in [-0.3, -0.25) is 14.6 Å². The number of aryl methyl sites for hydroxylation is 1. The molecule has 2 aromatic rings. The van der Waals surface area contributed by atoms with Gasteiger partial charge in [-0.15, -0.1) is 0 Å². The molecule has 0 spiro atoms. The van der Waals surface area contributed by atoms with Crippen LogP contribution in [0.5, 0.6) is 0 Å². The fraction of sp³-hybridized carbons (Fsp3) is 0.565. The van der Waals surface area contributed by atoms with E-state index in [1.807, 2.05) is 37.6 Å². The summed E-state index contributed by atoms with van der Waals surface area (Å²) in [5.74, 6) is 1.37. The van der Waals surface area contributed by atoms with E-state index in [1.54, 1.807) is 0 Å². The molecule has 1 atom stereocenters. The Bertz CT molecular complexity index is 840. The minimum absolute atomic E-state index is 0.0983. The maximum absolute atomic E-state index is 12.9. The van der Waals surface area contributed by atoms with Gasteiger partial charge in [-0.25, -0.2) is 4.98 Å². The van der Waals surface area contributed by atoms with E-state index in [9.17, 15) is 4.79 Å². The van der Waals surface area contributed by atoms with Gasteiger partial charge in [0.25, 0.3) is 0 Å². The number of likely N-dealkylation sites (tertiary alicyclic amines) is 2. The molecule has 1 aromatic carbocycles. The molecule has 6 nitrogen and oxygen atoms in total. The van der Waals surface area contributed by atoms with Crippen molar-refractivity contribution in [3.8, 4) is 0 Å². The highest BCUT2D eigenvalue weighted by Gasteiger charge is 2.28. The van der Waals surface area contributed by atoms with Crippen LogP contribution in [0.1, 0.15) is 43.1 Å². The molecule has 2 aliphatic rings. The van der Waals surface area contributed by atoms with E-state index >= 15 is 0 Å². The number of halogens is 1. The Morgan fingerprint density at radius 1 is 1.23 bits per heavy atom. The number of nitrogens with one attached hydrogen (secondary N) is 1. The summed E-state index contributed by atoms with van der Waals surface area (Å²) >= 11 is 6.24. The Morgan fingerprint density at radius 3 is 2.67 bits per heavy atom. The zero-order valence-electron chi connectivity index (χ0n) is 17.8. The predicted octanol–water partition coefficient (Wildman–Crippen LogP) is 3.24. The molecule has 1 N–H and O–H groups in total. The molecule has 0 bridgehead atoms. The molecule has 162 valence electrons. The van der Waals surface area contributed by atoms with Gasteiger partial charge in [-0.05, 0) is 69.6 Å². The number of hydrogen-bond acceptors (Lipinski definition) is 4. The van der Waals surface area contributed by atoms with E-state index < -0.39 is 0 Å². The molecule has 1 unspecified atom stereocenters. The largest absolute Gasteiger partial charge is 0.354 e. The van der Waals surface area contributed by atoms with Gasteiger partial charge in [-0.1, -0.05) is 23.7 Å². The first-order chi connectivity index (χ1) is 14.6. The third kappa shape index (κ3) is 5.23. The van der Waals surface area contributed by atoms with Gasteiger partial charge in [0.15, 0.2) is 0 Å². The van der Waals surface area contributed by atoms with Gasteiger partial charge in [-0.2, -0.15) is 0 Å². The highest BCUT2D eigenvalue weighted by Crippen LogP contribution is 2.27. The van der Waals surface area contributed by atoms with E-state index in [0.29, 0.717) is 6.54 Å². The summed E-state index contributed by atoms with van der Waals surface area (Å²) in [6.45, 7) is 5.54. The van der Waals surface area contributed by atoms with E-state index in [-0.39, 0.29) is 17.9 Å². The minimum Gasteiger partial charge on any atom is -0.354 e. The first-order valence-electron chi connectivity index (χ1n) is 11.1. The predicted molar refractivity (Wildman–Crippen MR) is 119 cm³/mol. The lowest BCUT2D eigenvalue weighted by atomic mass is 9.95. The Labute approximate surface area is 184 Å². The number of aromatic nitrogens is 2. The maximum atomic E-state index is 12.9. The Kier molecular flexibility index (Phi) is 7.08. The second-order valence-corrected chi connectivity index (χ2v) is 9.00. The Morgan fingerprint density at radius 2 is 2.00 bits per heavy atom. The van der Waals surface area contributed by atoms with Crippen molar-refractivity contribution in [2.24, 2.45) is 13.0 Å². The number of hydrogen-bond donors (Lipinski definition) is 1. The molecule has 1 aromatic heterocycles.